The SMILES string of the molecule is CC1(C(O)c2ccc(-c3coc4ccccc34)cc2)NC(=O)NC1=O. The van der Waals surface area contributed by atoms with Crippen LogP contribution in [0, 0.1) is 0 Å². The molecule has 1 saturated heterocycles. The predicted molar refractivity (Wildman–Crippen MR) is 91.7 cm³/mol. The van der Waals surface area contributed by atoms with Crippen molar-refractivity contribution in [2.75, 3.05) is 0 Å². The maximum atomic E-state index is 12.0. The molecule has 3 amide bonds. The van der Waals surface area contributed by atoms with Gasteiger partial charge < -0.3 is 14.8 Å². The molecule has 3 aromatic rings. The van der Waals surface area contributed by atoms with Crippen LogP contribution in [0.5, 0.6) is 0 Å². The molecule has 1 aromatic heterocycles. The van der Waals surface area contributed by atoms with E-state index in [1.807, 2.05) is 36.4 Å². The van der Waals surface area contributed by atoms with Crippen LogP contribution in [-0.4, -0.2) is 22.6 Å². The van der Waals surface area contributed by atoms with Crippen LogP contribution < -0.4 is 10.6 Å². The van der Waals surface area contributed by atoms with E-state index in [4.69, 9.17) is 4.42 Å². The highest BCUT2D eigenvalue weighted by Gasteiger charge is 2.48. The lowest BCUT2D eigenvalue weighted by molar-refractivity contribution is -0.127. The summed E-state index contributed by atoms with van der Waals surface area (Å²) in [4.78, 5) is 23.3. The zero-order valence-corrected chi connectivity index (χ0v) is 13.4. The van der Waals surface area contributed by atoms with E-state index < -0.39 is 23.6 Å². The van der Waals surface area contributed by atoms with Gasteiger partial charge in [-0.25, -0.2) is 4.79 Å². The van der Waals surface area contributed by atoms with Crippen molar-refractivity contribution >= 4 is 22.9 Å². The van der Waals surface area contributed by atoms with Crippen LogP contribution in [0.2, 0.25) is 0 Å². The molecule has 2 heterocycles. The first-order valence-corrected chi connectivity index (χ1v) is 7.87. The molecule has 6 heteroatoms. The molecule has 2 aromatic carbocycles. The van der Waals surface area contributed by atoms with E-state index in [-0.39, 0.29) is 0 Å². The van der Waals surface area contributed by atoms with Crippen molar-refractivity contribution in [3.05, 3.63) is 60.4 Å². The van der Waals surface area contributed by atoms with Crippen molar-refractivity contribution in [3.8, 4) is 11.1 Å². The molecule has 6 nitrogen and oxygen atoms in total. The minimum Gasteiger partial charge on any atom is -0.464 e. The summed E-state index contributed by atoms with van der Waals surface area (Å²) < 4.78 is 5.55. The molecule has 25 heavy (non-hydrogen) atoms. The summed E-state index contributed by atoms with van der Waals surface area (Å²) in [6, 6.07) is 14.3. The lowest BCUT2D eigenvalue weighted by Crippen LogP contribution is -2.49. The normalized spacial score (nSPS) is 21.2. The van der Waals surface area contributed by atoms with E-state index >= 15 is 0 Å². The van der Waals surface area contributed by atoms with Gasteiger partial charge in [0.25, 0.3) is 5.91 Å². The second kappa shape index (κ2) is 5.46. The molecule has 1 fully saturated rings. The number of fused-ring (bicyclic) bond motifs is 1. The maximum absolute atomic E-state index is 12.0. The zero-order chi connectivity index (χ0) is 17.6. The highest BCUT2D eigenvalue weighted by molar-refractivity contribution is 6.07. The average Bonchev–Trinajstić information content (AvgIpc) is 3.15. The molecule has 3 N–H and O–H groups in total. The summed E-state index contributed by atoms with van der Waals surface area (Å²) in [6.45, 7) is 1.50. The third kappa shape index (κ3) is 2.38. The van der Waals surface area contributed by atoms with E-state index in [1.54, 1.807) is 18.4 Å². The van der Waals surface area contributed by atoms with Gasteiger partial charge in [-0.2, -0.15) is 0 Å². The molecule has 0 saturated carbocycles. The van der Waals surface area contributed by atoms with Gasteiger partial charge in [-0.1, -0.05) is 42.5 Å². The van der Waals surface area contributed by atoms with Crippen LogP contribution in [0.15, 0.2) is 59.2 Å². The molecular weight excluding hydrogens is 320 g/mol. The number of hydrogen-bond acceptors (Lipinski definition) is 4. The first-order valence-electron chi connectivity index (χ1n) is 7.87. The van der Waals surface area contributed by atoms with Gasteiger partial charge >= 0.3 is 6.03 Å². The molecule has 0 radical (unpaired) electrons. The molecule has 0 spiro atoms. The Morgan fingerprint density at radius 1 is 1.08 bits per heavy atom. The molecule has 0 aliphatic carbocycles. The monoisotopic (exact) mass is 336 g/mol. The number of benzene rings is 2. The molecule has 1 aliphatic rings. The number of nitrogens with one attached hydrogen (secondary N) is 2. The van der Waals surface area contributed by atoms with E-state index in [0.29, 0.717) is 5.56 Å². The van der Waals surface area contributed by atoms with Crippen molar-refractivity contribution in [1.82, 2.24) is 10.6 Å². The number of urea groups is 1. The number of aliphatic hydroxyl groups excluding tert-OH is 1. The van der Waals surface area contributed by atoms with E-state index in [9.17, 15) is 14.7 Å². The van der Waals surface area contributed by atoms with Crippen LogP contribution in [0.1, 0.15) is 18.6 Å². The lowest BCUT2D eigenvalue weighted by Gasteiger charge is -2.27. The fraction of sp³-hybridized carbons (Fsp3) is 0.158. The summed E-state index contributed by atoms with van der Waals surface area (Å²) >= 11 is 0. The third-order valence-corrected chi connectivity index (χ3v) is 4.64. The Morgan fingerprint density at radius 3 is 2.48 bits per heavy atom. The highest BCUT2D eigenvalue weighted by Crippen LogP contribution is 2.33. The molecule has 0 bridgehead atoms. The van der Waals surface area contributed by atoms with E-state index in [2.05, 4.69) is 10.6 Å². The van der Waals surface area contributed by atoms with Crippen LogP contribution in [0.4, 0.5) is 4.79 Å². The van der Waals surface area contributed by atoms with Gasteiger partial charge in [-0.3, -0.25) is 10.1 Å². The summed E-state index contributed by atoms with van der Waals surface area (Å²) in [5.41, 5.74) is 1.84. The van der Waals surface area contributed by atoms with Gasteiger partial charge in [-0.15, -0.1) is 0 Å². The minimum atomic E-state index is -1.39. The fourth-order valence-corrected chi connectivity index (χ4v) is 3.13. The molecular formula is C19H16N2O4. The first-order chi connectivity index (χ1) is 12.0. The van der Waals surface area contributed by atoms with Crippen molar-refractivity contribution in [2.45, 2.75) is 18.6 Å². The van der Waals surface area contributed by atoms with Crippen molar-refractivity contribution in [2.24, 2.45) is 0 Å². The van der Waals surface area contributed by atoms with Gasteiger partial charge in [0, 0.05) is 10.9 Å². The smallest absolute Gasteiger partial charge is 0.322 e. The number of carbonyl (C=O) groups is 2. The Labute approximate surface area is 143 Å². The van der Waals surface area contributed by atoms with Gasteiger partial charge in [0.15, 0.2) is 0 Å². The largest absolute Gasteiger partial charge is 0.464 e. The maximum Gasteiger partial charge on any atom is 0.322 e. The number of rotatable bonds is 3. The Balaban J connectivity index is 1.66. The van der Waals surface area contributed by atoms with E-state index in [1.165, 1.54) is 6.92 Å². The number of aliphatic hydroxyl groups is 1. The number of carbonyl (C=O) groups excluding carboxylic acids is 2. The lowest BCUT2D eigenvalue weighted by atomic mass is 9.89. The molecule has 4 rings (SSSR count). The summed E-state index contributed by atoms with van der Waals surface area (Å²) in [5.74, 6) is -0.546. The first kappa shape index (κ1) is 15.4. The molecule has 2 unspecified atom stereocenters. The summed E-state index contributed by atoms with van der Waals surface area (Å²) in [6.07, 6.45) is 0.538. The predicted octanol–water partition coefficient (Wildman–Crippen LogP) is 2.73. The third-order valence-electron chi connectivity index (χ3n) is 4.64. The minimum absolute atomic E-state index is 0.538. The topological polar surface area (TPSA) is 91.6 Å². The Kier molecular flexibility index (Phi) is 3.36. The zero-order valence-electron chi connectivity index (χ0n) is 13.4. The van der Waals surface area contributed by atoms with Crippen LogP contribution in [0.25, 0.3) is 22.1 Å². The number of hydrogen-bond donors (Lipinski definition) is 3. The van der Waals surface area contributed by atoms with Crippen LogP contribution >= 0.6 is 0 Å². The number of amides is 3. The second-order valence-electron chi connectivity index (χ2n) is 6.28. The van der Waals surface area contributed by atoms with Gasteiger partial charge in [0.2, 0.25) is 0 Å². The summed E-state index contributed by atoms with van der Waals surface area (Å²) in [7, 11) is 0. The average molecular weight is 336 g/mol. The Bertz CT molecular complexity index is 977. The van der Waals surface area contributed by atoms with Crippen LogP contribution in [0.3, 0.4) is 0 Å². The van der Waals surface area contributed by atoms with Gasteiger partial charge in [0.05, 0.1) is 6.26 Å². The van der Waals surface area contributed by atoms with Gasteiger partial charge in [-0.05, 0) is 24.1 Å². The fourth-order valence-electron chi connectivity index (χ4n) is 3.13. The van der Waals surface area contributed by atoms with Crippen molar-refractivity contribution in [3.63, 3.8) is 0 Å². The number of imide groups is 1. The molecule has 126 valence electrons. The number of para-hydroxylation sites is 1. The highest BCUT2D eigenvalue weighted by atomic mass is 16.3. The number of furan rings is 1. The van der Waals surface area contributed by atoms with Crippen LogP contribution in [-0.2, 0) is 4.79 Å². The van der Waals surface area contributed by atoms with Gasteiger partial charge in [0.1, 0.15) is 17.2 Å². The second-order valence-corrected chi connectivity index (χ2v) is 6.28. The van der Waals surface area contributed by atoms with Crippen molar-refractivity contribution in [1.29, 1.82) is 0 Å². The van der Waals surface area contributed by atoms with E-state index in [0.717, 1.165) is 22.1 Å². The summed E-state index contributed by atoms with van der Waals surface area (Å²) in [5, 5.41) is 16.2. The molecule has 1 aliphatic heterocycles. The van der Waals surface area contributed by atoms with Crippen molar-refractivity contribution < 1.29 is 19.1 Å². The Hall–Kier alpha value is -3.12. The Morgan fingerprint density at radius 2 is 1.80 bits per heavy atom. The molecule has 2 atom stereocenters. The standard InChI is InChI=1S/C19H16N2O4/c1-19(17(23)20-18(24)21-19)16(22)12-8-6-11(7-9-12)14-10-25-15-5-3-2-4-13(14)15/h2-10,16,22H,1H3,(H2,20,21,23,24). The quantitative estimate of drug-likeness (QED) is 0.641.